The number of alkyl halides is 3. The molecule has 0 aliphatic carbocycles. The highest BCUT2D eigenvalue weighted by atomic mass is 19.4. The first-order chi connectivity index (χ1) is 27.0. The Labute approximate surface area is 338 Å². The SMILES string of the molecule is CC[C@@H](/C=C/C(=O)N1Cc2ccccc2C1)CC(=O)[C@H](C)N.CC[C@@H](/C=C/C(=O)N1Cc2ccccc2C1)CC(=O)[C@H](C)NC(=O)OC(C)(C)C.O=C(O)C(F)(F)F. The van der Waals surface area contributed by atoms with Crippen LogP contribution in [0.15, 0.2) is 72.8 Å². The Bertz CT molecular complexity index is 1750. The smallest absolute Gasteiger partial charge is 0.475 e. The average Bonchev–Trinajstić information content (AvgIpc) is 3.79. The van der Waals surface area contributed by atoms with Crippen LogP contribution in [-0.4, -0.2) is 74.2 Å². The maximum absolute atomic E-state index is 12.5. The molecule has 4 atom stereocenters. The molecule has 0 saturated carbocycles. The van der Waals surface area contributed by atoms with Crippen molar-refractivity contribution in [3.8, 4) is 0 Å². The maximum Gasteiger partial charge on any atom is 0.490 e. The van der Waals surface area contributed by atoms with Crippen LogP contribution in [0.4, 0.5) is 18.0 Å². The topological polar surface area (TPSA) is 176 Å². The molecule has 0 unspecified atom stereocenters. The summed E-state index contributed by atoms with van der Waals surface area (Å²) in [5.41, 5.74) is 9.76. The number of carbonyl (C=O) groups is 6. The van der Waals surface area contributed by atoms with Crippen molar-refractivity contribution in [1.29, 1.82) is 0 Å². The highest BCUT2D eigenvalue weighted by Crippen LogP contribution is 2.24. The number of aliphatic carboxylic acids is 1. The Morgan fingerprint density at radius 3 is 1.38 bits per heavy atom. The van der Waals surface area contributed by atoms with E-state index in [1.54, 1.807) is 51.7 Å². The van der Waals surface area contributed by atoms with Crippen molar-refractivity contribution in [1.82, 2.24) is 15.1 Å². The summed E-state index contributed by atoms with van der Waals surface area (Å²) in [5.74, 6) is -2.83. The van der Waals surface area contributed by atoms with E-state index in [0.717, 1.165) is 12.8 Å². The maximum atomic E-state index is 12.5. The van der Waals surface area contributed by atoms with Crippen LogP contribution in [0.5, 0.6) is 0 Å². The number of rotatable bonds is 13. The Kier molecular flexibility index (Phi) is 19.0. The van der Waals surface area contributed by atoms with Crippen LogP contribution in [0.2, 0.25) is 0 Å². The molecule has 4 N–H and O–H groups in total. The summed E-state index contributed by atoms with van der Waals surface area (Å²) in [4.78, 5) is 73.3. The van der Waals surface area contributed by atoms with Gasteiger partial charge < -0.3 is 30.7 Å². The molecule has 0 spiro atoms. The number of nitrogens with one attached hydrogen (secondary N) is 1. The van der Waals surface area contributed by atoms with E-state index in [1.807, 2.05) is 67.3 Å². The predicted octanol–water partition coefficient (Wildman–Crippen LogP) is 7.03. The number of amides is 3. The molecule has 2 heterocycles. The fourth-order valence-electron chi connectivity index (χ4n) is 5.77. The summed E-state index contributed by atoms with van der Waals surface area (Å²) >= 11 is 0. The zero-order valence-corrected chi connectivity index (χ0v) is 34.3. The summed E-state index contributed by atoms with van der Waals surface area (Å²) in [7, 11) is 0. The van der Waals surface area contributed by atoms with E-state index in [-0.39, 0.29) is 41.6 Å². The largest absolute Gasteiger partial charge is 0.490 e. The van der Waals surface area contributed by atoms with E-state index < -0.39 is 35.9 Å². The molecule has 0 aromatic heterocycles. The van der Waals surface area contributed by atoms with Crippen LogP contribution in [-0.2, 0) is 54.9 Å². The van der Waals surface area contributed by atoms with Crippen LogP contribution < -0.4 is 11.1 Å². The number of ketones is 2. The lowest BCUT2D eigenvalue weighted by Crippen LogP contribution is -2.42. The van der Waals surface area contributed by atoms with Crippen molar-refractivity contribution >= 4 is 35.4 Å². The van der Waals surface area contributed by atoms with Gasteiger partial charge in [0.25, 0.3) is 0 Å². The first-order valence-corrected chi connectivity index (χ1v) is 19.2. The summed E-state index contributed by atoms with van der Waals surface area (Å²) in [5, 5.41) is 9.70. The number of alkyl carbamates (subject to hydrolysis) is 1. The third kappa shape index (κ3) is 17.0. The number of allylic oxidation sites excluding steroid dienone is 2. The van der Waals surface area contributed by atoms with Gasteiger partial charge in [0.15, 0.2) is 5.78 Å². The number of hydrogen-bond acceptors (Lipinski definition) is 8. The Morgan fingerprint density at radius 1 is 0.741 bits per heavy atom. The van der Waals surface area contributed by atoms with E-state index in [9.17, 15) is 37.1 Å². The number of Topliss-reactive ketones (excluding diaryl/α,β-unsaturated/α-hetero) is 2. The van der Waals surface area contributed by atoms with Crippen LogP contribution in [0.25, 0.3) is 0 Å². The van der Waals surface area contributed by atoms with Gasteiger partial charge in [-0.15, -0.1) is 0 Å². The summed E-state index contributed by atoms with van der Waals surface area (Å²) in [6.07, 6.45) is 3.36. The number of fused-ring (bicyclic) bond motifs is 2. The van der Waals surface area contributed by atoms with Gasteiger partial charge in [-0.1, -0.05) is 74.5 Å². The highest BCUT2D eigenvalue weighted by Gasteiger charge is 2.38. The van der Waals surface area contributed by atoms with Crippen molar-refractivity contribution in [3.63, 3.8) is 0 Å². The summed E-state index contributed by atoms with van der Waals surface area (Å²) < 4.78 is 36.9. The number of carboxylic acids is 1. The second-order valence-electron chi connectivity index (χ2n) is 15.3. The van der Waals surface area contributed by atoms with E-state index in [2.05, 4.69) is 17.4 Å². The Hall–Kier alpha value is -5.31. The summed E-state index contributed by atoms with van der Waals surface area (Å²) in [6.45, 7) is 15.2. The van der Waals surface area contributed by atoms with Crippen molar-refractivity contribution in [2.75, 3.05) is 0 Å². The zero-order valence-electron chi connectivity index (χ0n) is 34.3. The number of carbonyl (C=O) groups excluding carboxylic acids is 5. The zero-order chi connectivity index (χ0) is 43.8. The molecule has 2 aromatic carbocycles. The molecule has 4 rings (SSSR count). The molecule has 0 bridgehead atoms. The minimum absolute atomic E-state index is 0.00268. The van der Waals surface area contributed by atoms with Crippen LogP contribution in [0.3, 0.4) is 0 Å². The van der Waals surface area contributed by atoms with Crippen molar-refractivity contribution in [2.24, 2.45) is 17.6 Å². The molecule has 15 heteroatoms. The second kappa shape index (κ2) is 22.6. The highest BCUT2D eigenvalue weighted by molar-refractivity contribution is 5.90. The number of ether oxygens (including phenoxy) is 1. The minimum Gasteiger partial charge on any atom is -0.475 e. The van der Waals surface area contributed by atoms with E-state index in [0.29, 0.717) is 32.6 Å². The molecule has 0 saturated heterocycles. The quantitative estimate of drug-likeness (QED) is 0.179. The van der Waals surface area contributed by atoms with Gasteiger partial charge in [0.05, 0.1) is 12.1 Å². The summed E-state index contributed by atoms with van der Waals surface area (Å²) in [6, 6.07) is 15.1. The van der Waals surface area contributed by atoms with Gasteiger partial charge in [-0.3, -0.25) is 19.2 Å². The number of nitrogens with two attached hydrogens (primary N) is 1. The molecule has 3 amide bonds. The molecule has 318 valence electrons. The number of carboxylic acid groups (broad SMARTS) is 1. The number of hydrogen-bond donors (Lipinski definition) is 3. The third-order valence-corrected chi connectivity index (χ3v) is 9.27. The number of benzene rings is 2. The standard InChI is InChI=1S/C23H32N2O4.C18H24N2O2.C2HF3O2/c1-6-17(13-20(26)16(2)24-22(28)29-23(3,4)5)11-12-21(27)25-14-18-9-7-8-10-19(18)15-25;1-3-14(10-17(21)13(2)19)8-9-18(22)20-11-15-6-4-5-7-16(15)12-20;3-2(4,5)1(6)7/h7-12,16-17H,6,13-15H2,1-5H3,(H,24,28);4-9,13-14H,3,10-12,19H2,1-2H3;(H,6,7)/b12-11+;9-8+;/t16-,17-;13-,14-;/m00./s1. The molecular weight excluding hydrogens is 757 g/mol. The van der Waals surface area contributed by atoms with Gasteiger partial charge in [-0.05, 0) is 93.7 Å². The number of halogens is 3. The van der Waals surface area contributed by atoms with Crippen LogP contribution >= 0.6 is 0 Å². The normalized spacial score (nSPS) is 15.5. The Balaban J connectivity index is 0.000000352. The molecule has 0 radical (unpaired) electrons. The lowest BCUT2D eigenvalue weighted by atomic mass is 9.96. The van der Waals surface area contributed by atoms with E-state index >= 15 is 0 Å². The Morgan fingerprint density at radius 2 is 1.09 bits per heavy atom. The molecule has 2 aromatic rings. The van der Waals surface area contributed by atoms with Crippen molar-refractivity contribution in [3.05, 3.63) is 95.1 Å². The molecule has 2 aliphatic rings. The average molecular weight is 815 g/mol. The first-order valence-electron chi connectivity index (χ1n) is 19.2. The molecule has 2 aliphatic heterocycles. The van der Waals surface area contributed by atoms with Crippen LogP contribution in [0.1, 0.15) is 96.4 Å². The van der Waals surface area contributed by atoms with Crippen molar-refractivity contribution in [2.45, 2.75) is 124 Å². The fraction of sp³-hybridized carbons (Fsp3) is 0.488. The molecule has 0 fully saturated rings. The lowest BCUT2D eigenvalue weighted by Gasteiger charge is -2.22. The van der Waals surface area contributed by atoms with Crippen molar-refractivity contribution < 1.29 is 51.8 Å². The molecule has 58 heavy (non-hydrogen) atoms. The van der Waals surface area contributed by atoms with Gasteiger partial charge >= 0.3 is 18.2 Å². The molecule has 12 nitrogen and oxygen atoms in total. The first kappa shape index (κ1) is 48.8. The monoisotopic (exact) mass is 814 g/mol. The van der Waals surface area contributed by atoms with Crippen LogP contribution in [0, 0.1) is 11.8 Å². The van der Waals surface area contributed by atoms with E-state index in [1.165, 1.54) is 22.3 Å². The minimum atomic E-state index is -5.08. The second-order valence-corrected chi connectivity index (χ2v) is 15.3. The van der Waals surface area contributed by atoms with Gasteiger partial charge in [0, 0.05) is 39.0 Å². The van der Waals surface area contributed by atoms with Gasteiger partial charge in [-0.2, -0.15) is 13.2 Å². The lowest BCUT2D eigenvalue weighted by molar-refractivity contribution is -0.192. The van der Waals surface area contributed by atoms with Gasteiger partial charge in [-0.25, -0.2) is 9.59 Å². The third-order valence-electron chi connectivity index (χ3n) is 9.27. The predicted molar refractivity (Wildman–Crippen MR) is 213 cm³/mol. The molecular formula is C43H57F3N4O8. The van der Waals surface area contributed by atoms with Gasteiger partial charge in [0.2, 0.25) is 11.8 Å². The number of nitrogens with zero attached hydrogens (tertiary/aromatic N) is 2. The fourth-order valence-corrected chi connectivity index (χ4v) is 5.77. The van der Waals surface area contributed by atoms with E-state index in [4.69, 9.17) is 20.4 Å². The van der Waals surface area contributed by atoms with Gasteiger partial charge in [0.1, 0.15) is 11.4 Å².